The third-order valence-corrected chi connectivity index (χ3v) is 3.66. The van der Waals surface area contributed by atoms with Crippen LogP contribution in [-0.4, -0.2) is 25.2 Å². The number of carbonyl (C=O) groups excluding carboxylic acids is 2. The third kappa shape index (κ3) is 3.45. The van der Waals surface area contributed by atoms with E-state index in [2.05, 4.69) is 13.2 Å². The van der Waals surface area contributed by atoms with Crippen LogP contribution in [0.5, 0.6) is 0 Å². The van der Waals surface area contributed by atoms with Gasteiger partial charge in [-0.25, -0.2) is 9.59 Å². The van der Waals surface area contributed by atoms with Crippen molar-refractivity contribution in [1.29, 1.82) is 0 Å². The highest BCUT2D eigenvalue weighted by molar-refractivity contribution is 6.02. The van der Waals surface area contributed by atoms with E-state index >= 15 is 0 Å². The van der Waals surface area contributed by atoms with Gasteiger partial charge in [0.2, 0.25) is 0 Å². The van der Waals surface area contributed by atoms with Crippen LogP contribution >= 0.6 is 0 Å². The molecule has 3 rings (SSSR count). The first-order valence-corrected chi connectivity index (χ1v) is 7.32. The van der Waals surface area contributed by atoms with Crippen molar-refractivity contribution in [2.24, 2.45) is 11.8 Å². The topological polar surface area (TPSA) is 52.6 Å². The number of carbonyl (C=O) groups is 2. The molecule has 0 spiro atoms. The summed E-state index contributed by atoms with van der Waals surface area (Å²) in [7, 11) is 0. The maximum Gasteiger partial charge on any atom is 0.335 e. The molecular formula is C18H20O4. The van der Waals surface area contributed by atoms with Crippen LogP contribution in [0.3, 0.4) is 0 Å². The molecule has 0 amide bonds. The molecule has 0 aliphatic heterocycles. The van der Waals surface area contributed by atoms with Gasteiger partial charge in [-0.05, 0) is 12.8 Å². The van der Waals surface area contributed by atoms with Crippen LogP contribution in [0.25, 0.3) is 0 Å². The second kappa shape index (κ2) is 7.59. The summed E-state index contributed by atoms with van der Waals surface area (Å²) in [6.45, 7) is 7.30. The van der Waals surface area contributed by atoms with Gasteiger partial charge in [-0.15, -0.1) is 0 Å². The summed E-state index contributed by atoms with van der Waals surface area (Å²) < 4.78 is 10.3. The Kier molecular flexibility index (Phi) is 5.53. The predicted molar refractivity (Wildman–Crippen MR) is 83.8 cm³/mol. The first-order valence-electron chi connectivity index (χ1n) is 7.32. The molecule has 4 nitrogen and oxygen atoms in total. The summed E-state index contributed by atoms with van der Waals surface area (Å²) in [4.78, 5) is 24.8. The number of hydrogen-bond acceptors (Lipinski definition) is 4. The molecule has 3 aliphatic rings. The van der Waals surface area contributed by atoms with Crippen LogP contribution in [0.4, 0.5) is 0 Å². The quantitative estimate of drug-likeness (QED) is 0.559. The first-order chi connectivity index (χ1) is 10.7. The summed E-state index contributed by atoms with van der Waals surface area (Å²) in [5.74, 6) is -1.26. The molecule has 2 unspecified atom stereocenters. The van der Waals surface area contributed by atoms with E-state index in [1.54, 1.807) is 0 Å². The van der Waals surface area contributed by atoms with Gasteiger partial charge in [-0.2, -0.15) is 0 Å². The van der Waals surface area contributed by atoms with E-state index in [1.807, 2.05) is 24.3 Å². The van der Waals surface area contributed by atoms with Gasteiger partial charge in [0.05, 0.1) is 11.1 Å². The van der Waals surface area contributed by atoms with Crippen molar-refractivity contribution in [3.63, 3.8) is 0 Å². The lowest BCUT2D eigenvalue weighted by Gasteiger charge is -2.28. The fraction of sp³-hybridized carbons (Fsp3) is 0.333. The average molecular weight is 300 g/mol. The molecule has 116 valence electrons. The lowest BCUT2D eigenvalue weighted by molar-refractivity contribution is -0.142. The summed E-state index contributed by atoms with van der Waals surface area (Å²) in [6, 6.07) is 0. The number of fused-ring (bicyclic) bond motifs is 2. The smallest absolute Gasteiger partial charge is 0.335 e. The highest BCUT2D eigenvalue weighted by atomic mass is 16.5. The van der Waals surface area contributed by atoms with Gasteiger partial charge in [-0.1, -0.05) is 49.6 Å². The van der Waals surface area contributed by atoms with Gasteiger partial charge >= 0.3 is 11.9 Å². The fourth-order valence-corrected chi connectivity index (χ4v) is 2.69. The van der Waals surface area contributed by atoms with Gasteiger partial charge in [0, 0.05) is 11.8 Å². The van der Waals surface area contributed by atoms with Crippen molar-refractivity contribution in [2.45, 2.75) is 12.8 Å². The Morgan fingerprint density at radius 3 is 1.73 bits per heavy atom. The van der Waals surface area contributed by atoms with Gasteiger partial charge in [-0.3, -0.25) is 0 Å². The van der Waals surface area contributed by atoms with Crippen LogP contribution in [0.2, 0.25) is 0 Å². The lowest BCUT2D eigenvalue weighted by Crippen LogP contribution is -2.28. The van der Waals surface area contributed by atoms with E-state index < -0.39 is 11.9 Å². The van der Waals surface area contributed by atoms with Crippen molar-refractivity contribution in [3.8, 4) is 0 Å². The summed E-state index contributed by atoms with van der Waals surface area (Å²) >= 11 is 0. The zero-order chi connectivity index (χ0) is 15.9. The van der Waals surface area contributed by atoms with E-state index in [0.717, 1.165) is 0 Å². The maximum atomic E-state index is 12.4. The van der Waals surface area contributed by atoms with Crippen molar-refractivity contribution < 1.29 is 19.1 Å². The highest BCUT2D eigenvalue weighted by Crippen LogP contribution is 2.36. The first kappa shape index (κ1) is 16.0. The van der Waals surface area contributed by atoms with Gasteiger partial charge in [0.25, 0.3) is 0 Å². The molecule has 0 radical (unpaired) electrons. The lowest BCUT2D eigenvalue weighted by atomic mass is 9.77. The molecule has 2 bridgehead atoms. The molecule has 0 aromatic carbocycles. The number of rotatable bonds is 6. The average Bonchev–Trinajstić information content (AvgIpc) is 2.49. The van der Waals surface area contributed by atoms with Crippen LogP contribution in [-0.2, 0) is 19.1 Å². The largest absolute Gasteiger partial charge is 0.458 e. The van der Waals surface area contributed by atoms with Crippen molar-refractivity contribution in [2.75, 3.05) is 13.2 Å². The van der Waals surface area contributed by atoms with Crippen LogP contribution in [0.15, 0.2) is 60.8 Å². The van der Waals surface area contributed by atoms with Gasteiger partial charge in [0.1, 0.15) is 13.2 Å². The minimum Gasteiger partial charge on any atom is -0.458 e. The number of hydrogen-bond donors (Lipinski definition) is 0. The monoisotopic (exact) mass is 300 g/mol. The molecule has 0 saturated heterocycles. The second-order valence-corrected chi connectivity index (χ2v) is 5.14. The van der Waals surface area contributed by atoms with E-state index in [-0.39, 0.29) is 25.0 Å². The third-order valence-electron chi connectivity index (χ3n) is 3.66. The Morgan fingerprint density at radius 2 is 1.36 bits per heavy atom. The molecule has 0 fully saturated rings. The van der Waals surface area contributed by atoms with E-state index in [9.17, 15) is 9.59 Å². The summed E-state index contributed by atoms with van der Waals surface area (Å²) in [5, 5.41) is 0. The highest BCUT2D eigenvalue weighted by Gasteiger charge is 2.35. The molecule has 3 aliphatic carbocycles. The van der Waals surface area contributed by atoms with Crippen LogP contribution in [0, 0.1) is 11.8 Å². The van der Waals surface area contributed by atoms with Gasteiger partial charge in [0.15, 0.2) is 0 Å². The minimum atomic E-state index is -0.472. The number of ether oxygens (including phenoxy) is 2. The zero-order valence-corrected chi connectivity index (χ0v) is 12.5. The predicted octanol–water partition coefficient (Wildman–Crippen LogP) is 2.89. The SMILES string of the molecule is C=CCOC(=O)C1=C(C(=O)OCC=C)C2C=CC1C/C=C\C2. The Morgan fingerprint density at radius 1 is 0.955 bits per heavy atom. The van der Waals surface area contributed by atoms with Gasteiger partial charge < -0.3 is 9.47 Å². The Hall–Kier alpha value is -2.36. The Bertz CT molecular complexity index is 518. The standard InChI is InChI=1S/C18H20O4/c1-3-11-21-17(19)15-13-7-5-6-8-14(10-9-13)16(15)18(20)22-12-4-2/h3-6,9-10,13-14H,1-2,7-8,11-12H2/b6-5-. The summed E-state index contributed by atoms with van der Waals surface area (Å²) in [6.07, 6.45) is 12.4. The van der Waals surface area contributed by atoms with E-state index in [1.165, 1.54) is 12.2 Å². The molecule has 0 N–H and O–H groups in total. The summed E-state index contributed by atoms with van der Waals surface area (Å²) in [5.41, 5.74) is 0.820. The normalized spacial score (nSPS) is 24.2. The van der Waals surface area contributed by atoms with E-state index in [4.69, 9.17) is 9.47 Å². The Balaban J connectivity index is 2.38. The molecule has 22 heavy (non-hydrogen) atoms. The number of allylic oxidation sites excluding steroid dienone is 4. The minimum absolute atomic E-state index is 0.119. The van der Waals surface area contributed by atoms with Crippen LogP contribution in [0.1, 0.15) is 12.8 Å². The van der Waals surface area contributed by atoms with Crippen molar-refractivity contribution in [3.05, 3.63) is 60.8 Å². The number of esters is 2. The fourth-order valence-electron chi connectivity index (χ4n) is 2.69. The second-order valence-electron chi connectivity index (χ2n) is 5.14. The van der Waals surface area contributed by atoms with Crippen molar-refractivity contribution in [1.82, 2.24) is 0 Å². The van der Waals surface area contributed by atoms with Crippen molar-refractivity contribution >= 4 is 11.9 Å². The molecule has 0 aromatic heterocycles. The van der Waals surface area contributed by atoms with Crippen LogP contribution < -0.4 is 0 Å². The Labute approximate surface area is 130 Å². The van der Waals surface area contributed by atoms with E-state index in [0.29, 0.717) is 24.0 Å². The zero-order valence-electron chi connectivity index (χ0n) is 12.5. The molecule has 0 heterocycles. The molecule has 2 atom stereocenters. The molecule has 4 heteroatoms. The molecule has 0 saturated carbocycles. The molecular weight excluding hydrogens is 280 g/mol. The molecule has 0 aromatic rings. The maximum absolute atomic E-state index is 12.4.